The zero-order valence-corrected chi connectivity index (χ0v) is 10.9. The summed E-state index contributed by atoms with van der Waals surface area (Å²) in [7, 11) is 0. The van der Waals surface area contributed by atoms with Crippen molar-refractivity contribution < 1.29 is 4.79 Å². The maximum atomic E-state index is 11.7. The third-order valence-electron chi connectivity index (χ3n) is 2.79. The Kier molecular flexibility index (Phi) is 4.96. The molecule has 0 fully saturated rings. The van der Waals surface area contributed by atoms with Gasteiger partial charge in [-0.05, 0) is 25.0 Å². The number of aryl methyl sites for hydroxylation is 1. The Balaban J connectivity index is 2.40. The highest BCUT2D eigenvalue weighted by Crippen LogP contribution is 2.14. The zero-order chi connectivity index (χ0) is 12.1. The first-order chi connectivity index (χ1) is 7.54. The van der Waals surface area contributed by atoms with E-state index in [1.165, 1.54) is 9.75 Å². The van der Waals surface area contributed by atoms with Crippen LogP contribution in [0, 0.1) is 12.8 Å². The second-order valence-electron chi connectivity index (χ2n) is 4.14. The van der Waals surface area contributed by atoms with E-state index in [2.05, 4.69) is 18.3 Å². The third-order valence-corrected chi connectivity index (χ3v) is 3.79. The van der Waals surface area contributed by atoms with Crippen molar-refractivity contribution >= 4 is 17.2 Å². The molecule has 1 aromatic rings. The van der Waals surface area contributed by atoms with Gasteiger partial charge in [0.05, 0.1) is 12.6 Å². The quantitative estimate of drug-likeness (QED) is 0.827. The lowest BCUT2D eigenvalue weighted by Crippen LogP contribution is -2.44. The smallest absolute Gasteiger partial charge is 0.237 e. The minimum absolute atomic E-state index is 0.0552. The summed E-state index contributed by atoms with van der Waals surface area (Å²) in [5, 5.41) is 2.87. The van der Waals surface area contributed by atoms with E-state index >= 15 is 0 Å². The Morgan fingerprint density at radius 3 is 2.75 bits per heavy atom. The fourth-order valence-corrected chi connectivity index (χ4v) is 2.21. The highest BCUT2D eigenvalue weighted by Gasteiger charge is 2.18. The van der Waals surface area contributed by atoms with Crippen molar-refractivity contribution in [3.05, 3.63) is 21.9 Å². The van der Waals surface area contributed by atoms with Crippen LogP contribution in [0.1, 0.15) is 30.0 Å². The van der Waals surface area contributed by atoms with Crippen molar-refractivity contribution in [1.82, 2.24) is 5.32 Å². The summed E-state index contributed by atoms with van der Waals surface area (Å²) in [5.74, 6) is 0.172. The molecular formula is C12H20N2OS. The number of carbonyl (C=O) groups excluding carboxylic acids is 1. The molecule has 0 saturated carbocycles. The molecule has 1 aromatic heterocycles. The molecular weight excluding hydrogens is 220 g/mol. The van der Waals surface area contributed by atoms with Gasteiger partial charge in [0, 0.05) is 9.75 Å². The van der Waals surface area contributed by atoms with E-state index in [0.717, 1.165) is 6.42 Å². The van der Waals surface area contributed by atoms with E-state index in [-0.39, 0.29) is 11.8 Å². The van der Waals surface area contributed by atoms with Crippen LogP contribution in [0.25, 0.3) is 0 Å². The predicted octanol–water partition coefficient (Wildman–Crippen LogP) is 2.05. The summed E-state index contributed by atoms with van der Waals surface area (Å²) in [5.41, 5.74) is 5.83. The van der Waals surface area contributed by atoms with Crippen molar-refractivity contribution in [3.63, 3.8) is 0 Å². The summed E-state index contributed by atoms with van der Waals surface area (Å²) in [4.78, 5) is 14.1. The molecule has 1 amide bonds. The first-order valence-corrected chi connectivity index (χ1v) is 6.44. The van der Waals surface area contributed by atoms with Crippen molar-refractivity contribution in [2.45, 2.75) is 39.8 Å². The number of carbonyl (C=O) groups is 1. The van der Waals surface area contributed by atoms with E-state index in [1.54, 1.807) is 11.3 Å². The van der Waals surface area contributed by atoms with Gasteiger partial charge in [0.25, 0.3) is 0 Å². The SMILES string of the molecule is CC[C@H](C)[C@H](N)C(=O)NCc1ccc(C)s1. The Morgan fingerprint density at radius 1 is 1.56 bits per heavy atom. The van der Waals surface area contributed by atoms with Gasteiger partial charge >= 0.3 is 0 Å². The molecule has 1 rings (SSSR count). The van der Waals surface area contributed by atoms with E-state index in [0.29, 0.717) is 6.54 Å². The molecule has 0 bridgehead atoms. The summed E-state index contributed by atoms with van der Waals surface area (Å²) >= 11 is 1.70. The average molecular weight is 240 g/mol. The Morgan fingerprint density at radius 2 is 2.25 bits per heavy atom. The van der Waals surface area contributed by atoms with E-state index in [4.69, 9.17) is 5.73 Å². The van der Waals surface area contributed by atoms with Crippen LogP contribution < -0.4 is 11.1 Å². The molecule has 0 spiro atoms. The minimum atomic E-state index is -0.397. The molecule has 3 N–H and O–H groups in total. The summed E-state index contributed by atoms with van der Waals surface area (Å²) in [6.45, 7) is 6.68. The molecule has 1 heterocycles. The number of amides is 1. The fraction of sp³-hybridized carbons (Fsp3) is 0.583. The van der Waals surface area contributed by atoms with E-state index in [1.807, 2.05) is 19.9 Å². The first kappa shape index (κ1) is 13.2. The van der Waals surface area contributed by atoms with Crippen molar-refractivity contribution in [2.75, 3.05) is 0 Å². The van der Waals surface area contributed by atoms with Crippen LogP contribution in [0.5, 0.6) is 0 Å². The lowest BCUT2D eigenvalue weighted by Gasteiger charge is -2.17. The lowest BCUT2D eigenvalue weighted by molar-refractivity contribution is -0.123. The maximum absolute atomic E-state index is 11.7. The highest BCUT2D eigenvalue weighted by atomic mass is 32.1. The standard InChI is InChI=1S/C12H20N2OS/c1-4-8(2)11(13)12(15)14-7-10-6-5-9(3)16-10/h5-6,8,11H,4,7,13H2,1-3H3,(H,14,15)/t8-,11-/m0/s1. The van der Waals surface area contributed by atoms with Gasteiger partial charge in [-0.3, -0.25) is 4.79 Å². The number of hydrogen-bond acceptors (Lipinski definition) is 3. The largest absolute Gasteiger partial charge is 0.350 e. The number of rotatable bonds is 5. The highest BCUT2D eigenvalue weighted by molar-refractivity contribution is 7.11. The van der Waals surface area contributed by atoms with Crippen LogP contribution in [0.4, 0.5) is 0 Å². The Bertz CT molecular complexity index is 349. The Hall–Kier alpha value is -0.870. The van der Waals surface area contributed by atoms with Gasteiger partial charge in [-0.1, -0.05) is 20.3 Å². The van der Waals surface area contributed by atoms with Crippen LogP contribution in [-0.2, 0) is 11.3 Å². The summed E-state index contributed by atoms with van der Waals surface area (Å²) < 4.78 is 0. The van der Waals surface area contributed by atoms with Gasteiger partial charge in [-0.25, -0.2) is 0 Å². The molecule has 0 saturated heterocycles. The molecule has 0 aliphatic rings. The van der Waals surface area contributed by atoms with Gasteiger partial charge < -0.3 is 11.1 Å². The third kappa shape index (κ3) is 3.61. The second-order valence-corrected chi connectivity index (χ2v) is 5.51. The topological polar surface area (TPSA) is 55.1 Å². The average Bonchev–Trinajstić information content (AvgIpc) is 2.69. The lowest BCUT2D eigenvalue weighted by atomic mass is 9.99. The van der Waals surface area contributed by atoms with Crippen LogP contribution in [0.15, 0.2) is 12.1 Å². The van der Waals surface area contributed by atoms with Crippen molar-refractivity contribution in [3.8, 4) is 0 Å². The monoisotopic (exact) mass is 240 g/mol. The number of nitrogens with two attached hydrogens (primary N) is 1. The fourth-order valence-electron chi connectivity index (χ4n) is 1.38. The second kappa shape index (κ2) is 6.01. The molecule has 16 heavy (non-hydrogen) atoms. The molecule has 0 aliphatic carbocycles. The van der Waals surface area contributed by atoms with Gasteiger partial charge in [0.1, 0.15) is 0 Å². The molecule has 2 atom stereocenters. The van der Waals surface area contributed by atoms with Crippen LogP contribution in [0.3, 0.4) is 0 Å². The molecule has 0 aromatic carbocycles. The van der Waals surface area contributed by atoms with Crippen molar-refractivity contribution in [1.29, 1.82) is 0 Å². The maximum Gasteiger partial charge on any atom is 0.237 e. The van der Waals surface area contributed by atoms with Gasteiger partial charge in [0.15, 0.2) is 0 Å². The molecule has 4 heteroatoms. The molecule has 0 unspecified atom stereocenters. The first-order valence-electron chi connectivity index (χ1n) is 5.63. The Labute approximate surface area is 101 Å². The van der Waals surface area contributed by atoms with E-state index < -0.39 is 6.04 Å². The van der Waals surface area contributed by atoms with Gasteiger partial charge in [-0.15, -0.1) is 11.3 Å². The normalized spacial score (nSPS) is 14.5. The van der Waals surface area contributed by atoms with Crippen LogP contribution in [0.2, 0.25) is 0 Å². The number of hydrogen-bond donors (Lipinski definition) is 2. The molecule has 0 radical (unpaired) electrons. The van der Waals surface area contributed by atoms with Crippen LogP contribution >= 0.6 is 11.3 Å². The summed E-state index contributed by atoms with van der Waals surface area (Å²) in [6, 6.07) is 3.70. The number of thiophene rings is 1. The van der Waals surface area contributed by atoms with E-state index in [9.17, 15) is 4.79 Å². The zero-order valence-electron chi connectivity index (χ0n) is 10.1. The molecule has 0 aliphatic heterocycles. The van der Waals surface area contributed by atoms with Gasteiger partial charge in [0.2, 0.25) is 5.91 Å². The van der Waals surface area contributed by atoms with Gasteiger partial charge in [-0.2, -0.15) is 0 Å². The number of nitrogens with one attached hydrogen (secondary N) is 1. The molecule has 90 valence electrons. The summed E-state index contributed by atoms with van der Waals surface area (Å²) in [6.07, 6.45) is 0.923. The van der Waals surface area contributed by atoms with Crippen molar-refractivity contribution in [2.24, 2.45) is 11.7 Å². The molecule has 3 nitrogen and oxygen atoms in total. The van der Waals surface area contributed by atoms with Crippen LogP contribution in [-0.4, -0.2) is 11.9 Å². The minimum Gasteiger partial charge on any atom is -0.350 e. The predicted molar refractivity (Wildman–Crippen MR) is 68.3 cm³/mol.